The van der Waals surface area contributed by atoms with Gasteiger partial charge in [-0.1, -0.05) is 45.2 Å². The molecular formula is C14H24N2O2S. The van der Waals surface area contributed by atoms with Crippen molar-refractivity contribution in [3.63, 3.8) is 0 Å². The van der Waals surface area contributed by atoms with E-state index in [0.29, 0.717) is 5.69 Å². The fourth-order valence-electron chi connectivity index (χ4n) is 2.07. The van der Waals surface area contributed by atoms with Crippen LogP contribution in [0.3, 0.4) is 0 Å². The Labute approximate surface area is 116 Å². The zero-order chi connectivity index (χ0) is 14.3. The lowest BCUT2D eigenvalue weighted by Gasteiger charge is -2.18. The van der Waals surface area contributed by atoms with Crippen LogP contribution >= 0.6 is 0 Å². The number of nitrogens with two attached hydrogens (primary N) is 1. The van der Waals surface area contributed by atoms with Crippen molar-refractivity contribution in [2.45, 2.75) is 56.9 Å². The van der Waals surface area contributed by atoms with Crippen LogP contribution in [0.15, 0.2) is 29.2 Å². The van der Waals surface area contributed by atoms with E-state index in [1.54, 1.807) is 24.3 Å². The molecule has 0 heterocycles. The summed E-state index contributed by atoms with van der Waals surface area (Å²) in [6.07, 6.45) is 4.77. The standard InChI is InChI=1S/C14H24N2O2S/c1-3-5-9-12(8-4-2)16-19(17,18)14-11-7-6-10-13(14)15/h6-7,10-12,16H,3-5,8-9,15H2,1-2H3. The van der Waals surface area contributed by atoms with Gasteiger partial charge in [0.1, 0.15) is 4.90 Å². The highest BCUT2D eigenvalue weighted by Gasteiger charge is 2.21. The monoisotopic (exact) mass is 284 g/mol. The van der Waals surface area contributed by atoms with E-state index < -0.39 is 10.0 Å². The highest BCUT2D eigenvalue weighted by Crippen LogP contribution is 2.19. The van der Waals surface area contributed by atoms with Crippen LogP contribution in [-0.2, 0) is 10.0 Å². The van der Waals surface area contributed by atoms with Gasteiger partial charge in [0.25, 0.3) is 0 Å². The molecule has 108 valence electrons. The normalized spacial score (nSPS) is 13.4. The molecule has 0 aliphatic heterocycles. The van der Waals surface area contributed by atoms with Crippen molar-refractivity contribution in [2.75, 3.05) is 5.73 Å². The van der Waals surface area contributed by atoms with Crippen molar-refractivity contribution < 1.29 is 8.42 Å². The summed E-state index contributed by atoms with van der Waals surface area (Å²) < 4.78 is 27.4. The summed E-state index contributed by atoms with van der Waals surface area (Å²) in [5.74, 6) is 0. The third kappa shape index (κ3) is 4.84. The van der Waals surface area contributed by atoms with E-state index in [0.717, 1.165) is 32.1 Å². The van der Waals surface area contributed by atoms with Crippen molar-refractivity contribution in [3.8, 4) is 0 Å². The molecule has 1 atom stereocenters. The molecule has 1 aromatic carbocycles. The Morgan fingerprint density at radius 2 is 1.84 bits per heavy atom. The maximum atomic E-state index is 12.3. The van der Waals surface area contributed by atoms with E-state index in [-0.39, 0.29) is 10.9 Å². The van der Waals surface area contributed by atoms with Gasteiger partial charge >= 0.3 is 0 Å². The minimum absolute atomic E-state index is 0.00504. The zero-order valence-electron chi connectivity index (χ0n) is 11.7. The van der Waals surface area contributed by atoms with Gasteiger partial charge in [0.15, 0.2) is 0 Å². The first-order valence-electron chi connectivity index (χ1n) is 6.88. The molecule has 0 aromatic heterocycles. The lowest BCUT2D eigenvalue weighted by atomic mass is 10.1. The van der Waals surface area contributed by atoms with Gasteiger partial charge in [-0.05, 0) is 25.0 Å². The number of hydrogen-bond donors (Lipinski definition) is 2. The molecule has 1 rings (SSSR count). The Balaban J connectivity index is 2.85. The Kier molecular flexibility index (Phi) is 6.31. The van der Waals surface area contributed by atoms with Crippen LogP contribution < -0.4 is 10.5 Å². The largest absolute Gasteiger partial charge is 0.398 e. The van der Waals surface area contributed by atoms with Crippen LogP contribution in [0.4, 0.5) is 5.69 Å². The summed E-state index contributed by atoms with van der Waals surface area (Å²) in [6, 6.07) is 6.56. The Hall–Kier alpha value is -1.07. The van der Waals surface area contributed by atoms with Crippen LogP contribution in [0.2, 0.25) is 0 Å². The van der Waals surface area contributed by atoms with Crippen LogP contribution in [0.25, 0.3) is 0 Å². The van der Waals surface area contributed by atoms with E-state index in [2.05, 4.69) is 18.6 Å². The summed E-state index contributed by atoms with van der Waals surface area (Å²) in [5.41, 5.74) is 6.03. The molecule has 5 heteroatoms. The molecule has 0 spiro atoms. The third-order valence-electron chi connectivity index (χ3n) is 3.07. The van der Waals surface area contributed by atoms with Crippen LogP contribution in [0, 0.1) is 0 Å². The molecule has 3 N–H and O–H groups in total. The van der Waals surface area contributed by atoms with E-state index in [1.807, 2.05) is 0 Å². The molecule has 4 nitrogen and oxygen atoms in total. The highest BCUT2D eigenvalue weighted by molar-refractivity contribution is 7.89. The number of anilines is 1. The van der Waals surface area contributed by atoms with E-state index in [9.17, 15) is 8.42 Å². The van der Waals surface area contributed by atoms with Gasteiger partial charge in [0, 0.05) is 6.04 Å². The Morgan fingerprint density at radius 1 is 1.16 bits per heavy atom. The van der Waals surface area contributed by atoms with Crippen molar-refractivity contribution in [1.29, 1.82) is 0 Å². The Morgan fingerprint density at radius 3 is 2.42 bits per heavy atom. The topological polar surface area (TPSA) is 72.2 Å². The van der Waals surface area contributed by atoms with Crippen molar-refractivity contribution >= 4 is 15.7 Å². The molecule has 19 heavy (non-hydrogen) atoms. The van der Waals surface area contributed by atoms with Gasteiger partial charge in [-0.3, -0.25) is 0 Å². The first kappa shape index (κ1) is 16.0. The molecule has 0 saturated heterocycles. The lowest BCUT2D eigenvalue weighted by Crippen LogP contribution is -2.35. The molecule has 0 bridgehead atoms. The maximum absolute atomic E-state index is 12.3. The average Bonchev–Trinajstić information content (AvgIpc) is 2.36. The SMILES string of the molecule is CCCCC(CCC)NS(=O)(=O)c1ccccc1N. The number of sulfonamides is 1. The summed E-state index contributed by atoms with van der Waals surface area (Å²) in [6.45, 7) is 4.16. The van der Waals surface area contributed by atoms with Crippen molar-refractivity contribution in [1.82, 2.24) is 4.72 Å². The fraction of sp³-hybridized carbons (Fsp3) is 0.571. The van der Waals surface area contributed by atoms with Gasteiger partial charge in [-0.15, -0.1) is 0 Å². The minimum atomic E-state index is -3.52. The second-order valence-corrected chi connectivity index (χ2v) is 6.47. The molecule has 0 fully saturated rings. The summed E-state index contributed by atoms with van der Waals surface area (Å²) in [7, 11) is -3.52. The van der Waals surface area contributed by atoms with E-state index in [1.165, 1.54) is 0 Å². The molecule has 0 amide bonds. The molecule has 0 saturated carbocycles. The summed E-state index contributed by atoms with van der Waals surface area (Å²) >= 11 is 0. The fourth-order valence-corrected chi connectivity index (χ4v) is 3.51. The molecule has 1 aromatic rings. The number of benzene rings is 1. The minimum Gasteiger partial charge on any atom is -0.398 e. The van der Waals surface area contributed by atoms with Crippen molar-refractivity contribution in [2.24, 2.45) is 0 Å². The van der Waals surface area contributed by atoms with Crippen LogP contribution in [0.5, 0.6) is 0 Å². The number of para-hydroxylation sites is 1. The average molecular weight is 284 g/mol. The number of unbranched alkanes of at least 4 members (excludes halogenated alkanes) is 1. The quantitative estimate of drug-likeness (QED) is 0.721. The van der Waals surface area contributed by atoms with Crippen molar-refractivity contribution in [3.05, 3.63) is 24.3 Å². The van der Waals surface area contributed by atoms with Gasteiger partial charge in [-0.25, -0.2) is 13.1 Å². The number of nitrogens with one attached hydrogen (secondary N) is 1. The van der Waals surface area contributed by atoms with Crippen LogP contribution in [0.1, 0.15) is 46.0 Å². The smallest absolute Gasteiger partial charge is 0.242 e. The molecule has 0 aliphatic rings. The number of hydrogen-bond acceptors (Lipinski definition) is 3. The second-order valence-electron chi connectivity index (χ2n) is 4.79. The number of nitrogen functional groups attached to an aromatic ring is 1. The van der Waals surface area contributed by atoms with Gasteiger partial charge in [-0.2, -0.15) is 0 Å². The molecule has 0 radical (unpaired) electrons. The zero-order valence-corrected chi connectivity index (χ0v) is 12.5. The summed E-state index contributed by atoms with van der Waals surface area (Å²) in [5, 5.41) is 0. The van der Waals surface area contributed by atoms with Gasteiger partial charge in [0.05, 0.1) is 5.69 Å². The number of rotatable bonds is 8. The van der Waals surface area contributed by atoms with E-state index >= 15 is 0 Å². The highest BCUT2D eigenvalue weighted by atomic mass is 32.2. The predicted molar refractivity (Wildman–Crippen MR) is 79.4 cm³/mol. The van der Waals surface area contributed by atoms with Gasteiger partial charge < -0.3 is 5.73 Å². The maximum Gasteiger partial charge on any atom is 0.242 e. The van der Waals surface area contributed by atoms with Crippen LogP contribution in [-0.4, -0.2) is 14.5 Å². The lowest BCUT2D eigenvalue weighted by molar-refractivity contribution is 0.483. The van der Waals surface area contributed by atoms with E-state index in [4.69, 9.17) is 5.73 Å². The first-order chi connectivity index (χ1) is 9.01. The molecule has 1 unspecified atom stereocenters. The molecular weight excluding hydrogens is 260 g/mol. The third-order valence-corrected chi connectivity index (χ3v) is 4.67. The molecule has 0 aliphatic carbocycles. The second kappa shape index (κ2) is 7.50. The first-order valence-corrected chi connectivity index (χ1v) is 8.36. The summed E-state index contributed by atoms with van der Waals surface area (Å²) in [4.78, 5) is 0.174. The van der Waals surface area contributed by atoms with Gasteiger partial charge in [0.2, 0.25) is 10.0 Å². The Bertz CT molecular complexity index is 486. The predicted octanol–water partition coefficient (Wildman–Crippen LogP) is 2.91.